The molecule has 7 heteroatoms. The average Bonchev–Trinajstić information content (AvgIpc) is 2.63. The van der Waals surface area contributed by atoms with Crippen molar-refractivity contribution in [1.82, 2.24) is 9.03 Å². The van der Waals surface area contributed by atoms with E-state index in [0.717, 1.165) is 4.31 Å². The van der Waals surface area contributed by atoms with E-state index in [-0.39, 0.29) is 12.5 Å². The average molecular weight is 250 g/mol. The van der Waals surface area contributed by atoms with Gasteiger partial charge in [0.1, 0.15) is 6.04 Å². The van der Waals surface area contributed by atoms with Crippen LogP contribution in [0.5, 0.6) is 0 Å². The number of carbonyl (C=O) groups is 1. The van der Waals surface area contributed by atoms with Crippen molar-refractivity contribution >= 4 is 16.2 Å². The molecule has 0 radical (unpaired) electrons. The lowest BCUT2D eigenvalue weighted by molar-refractivity contribution is -0.140. The molecule has 0 spiro atoms. The number of carboxylic acid groups (broad SMARTS) is 1. The molecule has 1 aliphatic rings. The topological polar surface area (TPSA) is 86.7 Å². The Morgan fingerprint density at radius 3 is 2.69 bits per heavy atom. The minimum atomic E-state index is -3.65. The molecule has 0 amide bonds. The van der Waals surface area contributed by atoms with Gasteiger partial charge in [-0.2, -0.15) is 12.7 Å². The Kier molecular flexibility index (Phi) is 4.28. The van der Waals surface area contributed by atoms with Gasteiger partial charge in [0.05, 0.1) is 0 Å². The molecular formula is C9H18N2O4S. The smallest absolute Gasteiger partial charge is 0.322 e. The van der Waals surface area contributed by atoms with E-state index in [1.165, 1.54) is 0 Å². The molecule has 0 aromatic rings. The molecule has 0 saturated carbocycles. The Hall–Kier alpha value is -0.660. The van der Waals surface area contributed by atoms with Gasteiger partial charge >= 0.3 is 5.97 Å². The quantitative estimate of drug-likeness (QED) is 0.720. The van der Waals surface area contributed by atoms with Crippen LogP contribution < -0.4 is 4.72 Å². The highest BCUT2D eigenvalue weighted by molar-refractivity contribution is 7.87. The second-order valence-corrected chi connectivity index (χ2v) is 6.06. The highest BCUT2D eigenvalue weighted by atomic mass is 32.2. The molecule has 94 valence electrons. The molecule has 1 fully saturated rings. The van der Waals surface area contributed by atoms with E-state index in [1.54, 1.807) is 0 Å². The molecule has 0 aromatic carbocycles. The fourth-order valence-corrected chi connectivity index (χ4v) is 3.24. The summed E-state index contributed by atoms with van der Waals surface area (Å²) >= 11 is 0. The van der Waals surface area contributed by atoms with Gasteiger partial charge in [0, 0.05) is 13.1 Å². The highest BCUT2D eigenvalue weighted by Crippen LogP contribution is 2.20. The molecule has 0 aromatic heterocycles. The van der Waals surface area contributed by atoms with Crippen molar-refractivity contribution < 1.29 is 18.3 Å². The first kappa shape index (κ1) is 13.4. The van der Waals surface area contributed by atoms with Crippen molar-refractivity contribution in [3.63, 3.8) is 0 Å². The molecule has 0 aliphatic carbocycles. The Morgan fingerprint density at radius 2 is 2.19 bits per heavy atom. The van der Waals surface area contributed by atoms with Crippen LogP contribution in [0, 0.1) is 5.92 Å². The van der Waals surface area contributed by atoms with Gasteiger partial charge in [-0.25, -0.2) is 4.72 Å². The first-order valence-electron chi connectivity index (χ1n) is 5.34. The first-order chi connectivity index (χ1) is 7.34. The van der Waals surface area contributed by atoms with Crippen LogP contribution >= 0.6 is 0 Å². The number of aliphatic carboxylic acids is 1. The Bertz CT molecular complexity index is 353. The van der Waals surface area contributed by atoms with Gasteiger partial charge in [0.15, 0.2) is 0 Å². The van der Waals surface area contributed by atoms with Crippen LogP contribution in [0.1, 0.15) is 26.7 Å². The summed E-state index contributed by atoms with van der Waals surface area (Å²) in [6, 6.07) is -0.912. The van der Waals surface area contributed by atoms with Crippen molar-refractivity contribution in [3.8, 4) is 0 Å². The lowest BCUT2D eigenvalue weighted by atomic mass is 10.2. The molecule has 1 rings (SSSR count). The van der Waals surface area contributed by atoms with E-state index in [4.69, 9.17) is 5.11 Å². The maximum Gasteiger partial charge on any atom is 0.322 e. The Labute approximate surface area is 95.8 Å². The number of hydrogen-bond donors (Lipinski definition) is 2. The zero-order valence-electron chi connectivity index (χ0n) is 9.51. The predicted molar refractivity (Wildman–Crippen MR) is 59.1 cm³/mol. The summed E-state index contributed by atoms with van der Waals surface area (Å²) in [5.41, 5.74) is 0. The molecule has 6 nitrogen and oxygen atoms in total. The third-order valence-electron chi connectivity index (χ3n) is 2.47. The minimum absolute atomic E-state index is 0.195. The summed E-state index contributed by atoms with van der Waals surface area (Å²) in [5.74, 6) is -0.881. The molecule has 1 saturated heterocycles. The van der Waals surface area contributed by atoms with Gasteiger partial charge in [-0.1, -0.05) is 13.8 Å². The SMILES string of the molecule is CC(C)CNS(=O)(=O)N1CCCC1C(=O)O. The molecule has 2 N–H and O–H groups in total. The molecule has 0 bridgehead atoms. The fraction of sp³-hybridized carbons (Fsp3) is 0.889. The lowest BCUT2D eigenvalue weighted by Crippen LogP contribution is -2.47. The maximum atomic E-state index is 11.8. The van der Waals surface area contributed by atoms with Crippen LogP contribution in [0.15, 0.2) is 0 Å². The third-order valence-corrected chi connectivity index (χ3v) is 4.06. The van der Waals surface area contributed by atoms with Crippen LogP contribution in [0.3, 0.4) is 0 Å². The van der Waals surface area contributed by atoms with E-state index in [0.29, 0.717) is 19.4 Å². The standard InChI is InChI=1S/C9H18N2O4S/c1-7(2)6-10-16(14,15)11-5-3-4-8(11)9(12)13/h7-8,10H,3-6H2,1-2H3,(H,12,13). The summed E-state index contributed by atoms with van der Waals surface area (Å²) in [6.07, 6.45) is 0.984. The summed E-state index contributed by atoms with van der Waals surface area (Å²) in [7, 11) is -3.65. The lowest BCUT2D eigenvalue weighted by Gasteiger charge is -2.21. The van der Waals surface area contributed by atoms with E-state index in [1.807, 2.05) is 13.8 Å². The van der Waals surface area contributed by atoms with E-state index < -0.39 is 22.2 Å². The van der Waals surface area contributed by atoms with E-state index >= 15 is 0 Å². The fourth-order valence-electron chi connectivity index (χ4n) is 1.63. The normalized spacial score (nSPS) is 22.8. The molecule has 1 unspecified atom stereocenters. The van der Waals surface area contributed by atoms with Crippen LogP contribution in [0.25, 0.3) is 0 Å². The first-order valence-corrected chi connectivity index (χ1v) is 6.78. The number of carboxylic acids is 1. The molecular weight excluding hydrogens is 232 g/mol. The molecule has 1 aliphatic heterocycles. The van der Waals surface area contributed by atoms with Crippen molar-refractivity contribution in [2.75, 3.05) is 13.1 Å². The highest BCUT2D eigenvalue weighted by Gasteiger charge is 2.38. The number of rotatable bonds is 5. The van der Waals surface area contributed by atoms with Gasteiger partial charge in [-0.3, -0.25) is 4.79 Å². The van der Waals surface area contributed by atoms with Crippen molar-refractivity contribution in [2.45, 2.75) is 32.7 Å². The molecule has 1 heterocycles. The van der Waals surface area contributed by atoms with Crippen LogP contribution in [-0.4, -0.2) is 42.9 Å². The number of nitrogens with one attached hydrogen (secondary N) is 1. The largest absolute Gasteiger partial charge is 0.480 e. The van der Waals surface area contributed by atoms with Crippen LogP contribution in [0.2, 0.25) is 0 Å². The Balaban J connectivity index is 2.71. The van der Waals surface area contributed by atoms with Crippen molar-refractivity contribution in [1.29, 1.82) is 0 Å². The van der Waals surface area contributed by atoms with Gasteiger partial charge in [-0.05, 0) is 18.8 Å². The van der Waals surface area contributed by atoms with Gasteiger partial charge in [0.25, 0.3) is 10.2 Å². The van der Waals surface area contributed by atoms with E-state index in [9.17, 15) is 13.2 Å². The summed E-state index contributed by atoms with van der Waals surface area (Å²) in [6.45, 7) is 4.39. The van der Waals surface area contributed by atoms with Crippen LogP contribution in [0.4, 0.5) is 0 Å². The third kappa shape index (κ3) is 3.16. The van der Waals surface area contributed by atoms with Crippen molar-refractivity contribution in [2.24, 2.45) is 5.92 Å². The predicted octanol–water partition coefficient (Wildman–Crippen LogP) is 0.0258. The van der Waals surface area contributed by atoms with Crippen LogP contribution in [-0.2, 0) is 15.0 Å². The van der Waals surface area contributed by atoms with E-state index in [2.05, 4.69) is 4.72 Å². The van der Waals surface area contributed by atoms with Gasteiger partial charge in [0.2, 0.25) is 0 Å². The molecule has 1 atom stereocenters. The van der Waals surface area contributed by atoms with Crippen molar-refractivity contribution in [3.05, 3.63) is 0 Å². The monoisotopic (exact) mass is 250 g/mol. The number of hydrogen-bond acceptors (Lipinski definition) is 3. The molecule has 16 heavy (non-hydrogen) atoms. The number of nitrogens with zero attached hydrogens (tertiary/aromatic N) is 1. The zero-order chi connectivity index (χ0) is 12.3. The van der Waals surface area contributed by atoms with Gasteiger partial charge in [-0.15, -0.1) is 0 Å². The second kappa shape index (κ2) is 5.11. The summed E-state index contributed by atoms with van der Waals surface area (Å²) in [4.78, 5) is 10.9. The summed E-state index contributed by atoms with van der Waals surface area (Å²) < 4.78 is 27.1. The summed E-state index contributed by atoms with van der Waals surface area (Å²) in [5, 5.41) is 8.89. The zero-order valence-corrected chi connectivity index (χ0v) is 10.3. The second-order valence-electron chi connectivity index (χ2n) is 4.35. The Morgan fingerprint density at radius 1 is 1.56 bits per heavy atom. The minimum Gasteiger partial charge on any atom is -0.480 e. The maximum absolute atomic E-state index is 11.8. The van der Waals surface area contributed by atoms with Gasteiger partial charge < -0.3 is 5.11 Å².